The zero-order valence-electron chi connectivity index (χ0n) is 8.03. The number of hydrogen-bond acceptors (Lipinski definition) is 3. The molecule has 0 amide bonds. The highest BCUT2D eigenvalue weighted by Gasteiger charge is 2.03. The van der Waals surface area contributed by atoms with Gasteiger partial charge in [-0.25, -0.2) is 8.42 Å². The second kappa shape index (κ2) is 6.40. The van der Waals surface area contributed by atoms with Crippen molar-refractivity contribution in [1.82, 2.24) is 4.90 Å². The Bertz CT molecular complexity index is 249. The first kappa shape index (κ1) is 12.9. The zero-order chi connectivity index (χ0) is 10.3. The fraction of sp³-hybridized carbons (Fsp3) is 0.750. The van der Waals surface area contributed by atoms with E-state index in [9.17, 15) is 8.42 Å². The van der Waals surface area contributed by atoms with E-state index in [0.717, 1.165) is 6.54 Å². The van der Waals surface area contributed by atoms with Gasteiger partial charge in [-0.05, 0) is 7.05 Å². The largest absolute Gasteiger partial charge is 0.302 e. The molecule has 0 unspecified atom stereocenters. The summed E-state index contributed by atoms with van der Waals surface area (Å²) >= 11 is 5.43. The quantitative estimate of drug-likeness (QED) is 0.495. The lowest BCUT2D eigenvalue weighted by Gasteiger charge is -2.12. The molecule has 0 fully saturated rings. The fourth-order valence-electron chi connectivity index (χ4n) is 0.730. The molecule has 0 aliphatic rings. The van der Waals surface area contributed by atoms with Gasteiger partial charge in [0.25, 0.3) is 0 Å². The molecule has 5 heteroatoms. The molecule has 0 aliphatic heterocycles. The third-order valence-electron chi connectivity index (χ3n) is 1.52. The van der Waals surface area contributed by atoms with Gasteiger partial charge in [0.15, 0.2) is 0 Å². The molecule has 0 aliphatic carbocycles. The molecule has 0 aromatic rings. The minimum atomic E-state index is -2.84. The van der Waals surface area contributed by atoms with Crippen LogP contribution in [0.4, 0.5) is 0 Å². The molecule has 0 aromatic heterocycles. The average Bonchev–Trinajstić information content (AvgIpc) is 2.00. The molecule has 78 valence electrons. The summed E-state index contributed by atoms with van der Waals surface area (Å²) in [6, 6.07) is 0. The number of rotatable bonds is 6. The zero-order valence-corrected chi connectivity index (χ0v) is 9.61. The topological polar surface area (TPSA) is 37.4 Å². The van der Waals surface area contributed by atoms with E-state index in [1.807, 2.05) is 24.1 Å². The van der Waals surface area contributed by atoms with Gasteiger partial charge < -0.3 is 4.90 Å². The summed E-state index contributed by atoms with van der Waals surface area (Å²) in [4.78, 5) is 1.93. The second-order valence-corrected chi connectivity index (χ2v) is 5.59. The molecule has 0 saturated carbocycles. The van der Waals surface area contributed by atoms with Crippen molar-refractivity contribution in [2.75, 3.05) is 38.0 Å². The van der Waals surface area contributed by atoms with Crippen molar-refractivity contribution in [1.29, 1.82) is 0 Å². The third kappa shape index (κ3) is 9.86. The van der Waals surface area contributed by atoms with E-state index in [1.165, 1.54) is 6.26 Å². The number of halogens is 1. The smallest absolute Gasteiger partial charge is 0.148 e. The highest BCUT2D eigenvalue weighted by Crippen LogP contribution is 1.89. The Morgan fingerprint density at radius 3 is 2.46 bits per heavy atom. The molecule has 0 bridgehead atoms. The number of hydrogen-bond donors (Lipinski definition) is 0. The molecule has 0 radical (unpaired) electrons. The highest BCUT2D eigenvalue weighted by molar-refractivity contribution is 7.90. The van der Waals surface area contributed by atoms with Crippen molar-refractivity contribution in [3.63, 3.8) is 0 Å². The minimum Gasteiger partial charge on any atom is -0.302 e. The lowest BCUT2D eigenvalue weighted by Crippen LogP contribution is -2.25. The third-order valence-corrected chi connectivity index (χ3v) is 2.62. The molecule has 0 saturated heterocycles. The van der Waals surface area contributed by atoms with Gasteiger partial charge in [-0.15, -0.1) is 11.6 Å². The molecule has 0 aromatic carbocycles. The Kier molecular flexibility index (Phi) is 6.37. The molecule has 0 N–H and O–H groups in total. The SMILES string of the molecule is CN(CC=CCCl)CCS(C)(=O)=O. The monoisotopic (exact) mass is 225 g/mol. The maximum Gasteiger partial charge on any atom is 0.148 e. The first-order chi connectivity index (χ1) is 5.95. The molecule has 0 heterocycles. The van der Waals surface area contributed by atoms with E-state index >= 15 is 0 Å². The van der Waals surface area contributed by atoms with E-state index in [1.54, 1.807) is 0 Å². The predicted octanol–water partition coefficient (Wildman–Crippen LogP) is 0.758. The van der Waals surface area contributed by atoms with Crippen LogP contribution >= 0.6 is 11.6 Å². The number of likely N-dealkylation sites (N-methyl/N-ethyl adjacent to an activating group) is 1. The number of allylic oxidation sites excluding steroid dienone is 1. The van der Waals surface area contributed by atoms with E-state index in [-0.39, 0.29) is 5.75 Å². The summed E-state index contributed by atoms with van der Waals surface area (Å²) in [5.74, 6) is 0.706. The molecular formula is C8H16ClNO2S. The summed E-state index contributed by atoms with van der Waals surface area (Å²) < 4.78 is 21.6. The van der Waals surface area contributed by atoms with Crippen molar-refractivity contribution < 1.29 is 8.42 Å². The summed E-state index contributed by atoms with van der Waals surface area (Å²) in [6.07, 6.45) is 5.02. The number of alkyl halides is 1. The van der Waals surface area contributed by atoms with Crippen LogP contribution < -0.4 is 0 Å². The summed E-state index contributed by atoms with van der Waals surface area (Å²) in [7, 11) is -0.963. The first-order valence-electron chi connectivity index (χ1n) is 4.03. The van der Waals surface area contributed by atoms with Crippen LogP contribution in [-0.2, 0) is 9.84 Å². The van der Waals surface area contributed by atoms with Crippen LogP contribution in [0.5, 0.6) is 0 Å². The van der Waals surface area contributed by atoms with Gasteiger partial charge in [0, 0.05) is 25.2 Å². The van der Waals surface area contributed by atoms with Gasteiger partial charge in [-0.2, -0.15) is 0 Å². The number of sulfone groups is 1. The Labute approximate surface area is 85.3 Å². The van der Waals surface area contributed by atoms with Crippen LogP contribution in [0.25, 0.3) is 0 Å². The second-order valence-electron chi connectivity index (χ2n) is 3.02. The van der Waals surface area contributed by atoms with E-state index < -0.39 is 9.84 Å². The highest BCUT2D eigenvalue weighted by atomic mass is 35.5. The van der Waals surface area contributed by atoms with Crippen molar-refractivity contribution in [3.05, 3.63) is 12.2 Å². The maximum absolute atomic E-state index is 10.8. The predicted molar refractivity (Wildman–Crippen MR) is 57.1 cm³/mol. The summed E-state index contributed by atoms with van der Waals surface area (Å²) in [5.41, 5.74) is 0. The lowest BCUT2D eigenvalue weighted by molar-refractivity contribution is 0.392. The van der Waals surface area contributed by atoms with Gasteiger partial charge in [0.1, 0.15) is 9.84 Å². The van der Waals surface area contributed by atoms with E-state index in [2.05, 4.69) is 0 Å². The van der Waals surface area contributed by atoms with Gasteiger partial charge in [0.05, 0.1) is 5.75 Å². The molecule has 0 rings (SSSR count). The molecule has 13 heavy (non-hydrogen) atoms. The molecule has 0 spiro atoms. The summed E-state index contributed by atoms with van der Waals surface area (Å²) in [6.45, 7) is 1.30. The minimum absolute atomic E-state index is 0.207. The number of nitrogens with zero attached hydrogens (tertiary/aromatic N) is 1. The summed E-state index contributed by atoms with van der Waals surface area (Å²) in [5, 5.41) is 0. The Morgan fingerprint density at radius 2 is 2.00 bits per heavy atom. The van der Waals surface area contributed by atoms with E-state index in [4.69, 9.17) is 11.6 Å². The lowest BCUT2D eigenvalue weighted by atomic mass is 10.5. The maximum atomic E-state index is 10.8. The van der Waals surface area contributed by atoms with Crippen LogP contribution in [0.3, 0.4) is 0 Å². The van der Waals surface area contributed by atoms with Crippen LogP contribution in [-0.4, -0.2) is 51.3 Å². The van der Waals surface area contributed by atoms with Gasteiger partial charge in [-0.1, -0.05) is 12.2 Å². The van der Waals surface area contributed by atoms with Crippen molar-refractivity contribution >= 4 is 21.4 Å². The fourth-order valence-corrected chi connectivity index (χ4v) is 1.50. The van der Waals surface area contributed by atoms with Crippen LogP contribution in [0.1, 0.15) is 0 Å². The van der Waals surface area contributed by atoms with Crippen LogP contribution in [0, 0.1) is 0 Å². The Morgan fingerprint density at radius 1 is 1.38 bits per heavy atom. The Balaban J connectivity index is 3.64. The van der Waals surface area contributed by atoms with Crippen LogP contribution in [0.15, 0.2) is 12.2 Å². The molecule has 3 nitrogen and oxygen atoms in total. The molecular weight excluding hydrogens is 210 g/mol. The van der Waals surface area contributed by atoms with Gasteiger partial charge >= 0.3 is 0 Å². The first-order valence-corrected chi connectivity index (χ1v) is 6.62. The van der Waals surface area contributed by atoms with Crippen molar-refractivity contribution in [2.45, 2.75) is 0 Å². The van der Waals surface area contributed by atoms with Crippen molar-refractivity contribution in [2.24, 2.45) is 0 Å². The van der Waals surface area contributed by atoms with Crippen molar-refractivity contribution in [3.8, 4) is 0 Å². The average molecular weight is 226 g/mol. The normalized spacial score (nSPS) is 12.9. The molecule has 0 atom stereocenters. The van der Waals surface area contributed by atoms with Crippen LogP contribution in [0.2, 0.25) is 0 Å². The van der Waals surface area contributed by atoms with Gasteiger partial charge in [-0.3, -0.25) is 0 Å². The van der Waals surface area contributed by atoms with Gasteiger partial charge in [0.2, 0.25) is 0 Å². The standard InChI is InChI=1S/C8H16ClNO2S/c1-10(6-4-3-5-9)7-8-13(2,11)12/h3-4H,5-8H2,1-2H3. The Hall–Kier alpha value is -0.0600. The van der Waals surface area contributed by atoms with E-state index in [0.29, 0.717) is 12.4 Å².